The molecule has 4 nitrogen and oxygen atoms in total. The fourth-order valence-corrected chi connectivity index (χ4v) is 1.88. The van der Waals surface area contributed by atoms with Gasteiger partial charge in [0.25, 0.3) is 0 Å². The highest BCUT2D eigenvalue weighted by atomic mass is 16.4. The number of hydrogen-bond donors (Lipinski definition) is 2. The summed E-state index contributed by atoms with van der Waals surface area (Å²) < 4.78 is 2.05. The van der Waals surface area contributed by atoms with Crippen molar-refractivity contribution in [1.82, 2.24) is 4.57 Å². The molecule has 0 aliphatic rings. The van der Waals surface area contributed by atoms with Crippen LogP contribution in [0.1, 0.15) is 36.9 Å². The summed E-state index contributed by atoms with van der Waals surface area (Å²) in [6.07, 6.45) is -1.42. The molecule has 0 aliphatic heterocycles. The van der Waals surface area contributed by atoms with Gasteiger partial charge in [0.2, 0.25) is 0 Å². The number of carbonyl (C=O) groups is 1. The number of carboxylic acid groups (broad SMARTS) is 1. The molecule has 0 saturated carbocycles. The second kappa shape index (κ2) is 4.70. The Bertz CT molecular complexity index is 393. The Labute approximate surface area is 95.5 Å². The first-order chi connectivity index (χ1) is 7.34. The molecule has 1 aromatic rings. The summed E-state index contributed by atoms with van der Waals surface area (Å²) in [4.78, 5) is 10.7. The van der Waals surface area contributed by atoms with Gasteiger partial charge in [-0.3, -0.25) is 0 Å². The maximum atomic E-state index is 10.7. The Kier molecular flexibility index (Phi) is 3.75. The van der Waals surface area contributed by atoms with E-state index < -0.39 is 12.1 Å². The van der Waals surface area contributed by atoms with Crippen molar-refractivity contribution in [2.75, 3.05) is 0 Å². The van der Waals surface area contributed by atoms with Crippen LogP contribution in [0.5, 0.6) is 0 Å². The number of aliphatic hydroxyl groups excluding tert-OH is 1. The molecular formula is C12H19NO3. The number of hydrogen-bond acceptors (Lipinski definition) is 2. The van der Waals surface area contributed by atoms with Crippen LogP contribution in [0.3, 0.4) is 0 Å². The molecule has 1 aromatic heterocycles. The van der Waals surface area contributed by atoms with Gasteiger partial charge in [-0.15, -0.1) is 0 Å². The summed E-state index contributed by atoms with van der Waals surface area (Å²) in [6.45, 7) is 8.81. The normalized spacial score (nSPS) is 13.1. The third-order valence-corrected chi connectivity index (χ3v) is 2.69. The number of aryl methyl sites for hydroxylation is 1. The molecule has 2 N–H and O–H groups in total. The predicted molar refractivity (Wildman–Crippen MR) is 61.3 cm³/mol. The molecule has 1 atom stereocenters. The highest BCUT2D eigenvalue weighted by molar-refractivity contribution is 5.74. The van der Waals surface area contributed by atoms with Crippen LogP contribution < -0.4 is 0 Å². The molecule has 0 aliphatic carbocycles. The predicted octanol–water partition coefficient (Wildman–Crippen LogP) is 1.88. The van der Waals surface area contributed by atoms with Crippen molar-refractivity contribution in [3.05, 3.63) is 23.0 Å². The molecule has 1 unspecified atom stereocenters. The molecule has 1 rings (SSSR count). The topological polar surface area (TPSA) is 62.5 Å². The van der Waals surface area contributed by atoms with Crippen molar-refractivity contribution in [3.8, 4) is 0 Å². The average molecular weight is 225 g/mol. The van der Waals surface area contributed by atoms with Gasteiger partial charge in [0.15, 0.2) is 6.10 Å². The van der Waals surface area contributed by atoms with Gasteiger partial charge < -0.3 is 14.8 Å². The first kappa shape index (κ1) is 12.8. The summed E-state index contributed by atoms with van der Waals surface area (Å²) in [5.74, 6) is -0.718. The monoisotopic (exact) mass is 225 g/mol. The summed E-state index contributed by atoms with van der Waals surface area (Å²) >= 11 is 0. The molecule has 16 heavy (non-hydrogen) atoms. The van der Waals surface area contributed by atoms with E-state index in [0.29, 0.717) is 11.5 Å². The minimum atomic E-state index is -1.42. The van der Waals surface area contributed by atoms with Crippen LogP contribution in [0, 0.1) is 19.8 Å². The molecule has 0 aromatic carbocycles. The van der Waals surface area contributed by atoms with Crippen LogP contribution in [0.2, 0.25) is 0 Å². The number of aromatic nitrogens is 1. The molecule has 0 fully saturated rings. The van der Waals surface area contributed by atoms with E-state index in [2.05, 4.69) is 13.8 Å². The van der Waals surface area contributed by atoms with E-state index in [4.69, 9.17) is 5.11 Å². The minimum absolute atomic E-state index is 0.486. The van der Waals surface area contributed by atoms with E-state index in [-0.39, 0.29) is 0 Å². The Morgan fingerprint density at radius 3 is 2.44 bits per heavy atom. The Balaban J connectivity index is 3.10. The summed E-state index contributed by atoms with van der Waals surface area (Å²) in [6, 6.07) is 1.75. The number of rotatable bonds is 4. The van der Waals surface area contributed by atoms with Crippen molar-refractivity contribution in [2.45, 2.75) is 40.3 Å². The van der Waals surface area contributed by atoms with Gasteiger partial charge in [-0.1, -0.05) is 13.8 Å². The summed E-state index contributed by atoms with van der Waals surface area (Å²) in [5, 5.41) is 18.3. The lowest BCUT2D eigenvalue weighted by molar-refractivity contribution is -0.147. The smallest absolute Gasteiger partial charge is 0.337 e. The van der Waals surface area contributed by atoms with Crippen molar-refractivity contribution in [1.29, 1.82) is 0 Å². The first-order valence-corrected chi connectivity index (χ1v) is 5.42. The van der Waals surface area contributed by atoms with Crippen molar-refractivity contribution in [2.24, 2.45) is 5.92 Å². The van der Waals surface area contributed by atoms with Crippen molar-refractivity contribution in [3.63, 3.8) is 0 Å². The zero-order valence-electron chi connectivity index (χ0n) is 10.2. The van der Waals surface area contributed by atoms with Crippen molar-refractivity contribution < 1.29 is 15.0 Å². The molecular weight excluding hydrogens is 206 g/mol. The molecule has 1 heterocycles. The van der Waals surface area contributed by atoms with Crippen LogP contribution >= 0.6 is 0 Å². The quantitative estimate of drug-likeness (QED) is 0.822. The molecule has 90 valence electrons. The number of carboxylic acids is 1. The molecule has 4 heteroatoms. The van der Waals surface area contributed by atoms with Crippen LogP contribution in [0.15, 0.2) is 6.07 Å². The van der Waals surface area contributed by atoms with Gasteiger partial charge in [0.1, 0.15) is 0 Å². The minimum Gasteiger partial charge on any atom is -0.479 e. The van der Waals surface area contributed by atoms with Gasteiger partial charge in [0, 0.05) is 23.5 Å². The standard InChI is InChI=1S/C12H19NO3/c1-7(2)6-13-8(3)5-10(9(13)4)11(14)12(15)16/h5,7,11,14H,6H2,1-4H3,(H,15,16). The van der Waals surface area contributed by atoms with Gasteiger partial charge in [-0.25, -0.2) is 4.79 Å². The van der Waals surface area contributed by atoms with E-state index in [1.165, 1.54) is 0 Å². The maximum absolute atomic E-state index is 10.7. The highest BCUT2D eigenvalue weighted by Crippen LogP contribution is 2.23. The van der Waals surface area contributed by atoms with Gasteiger partial charge in [0.05, 0.1) is 0 Å². The lowest BCUT2D eigenvalue weighted by atomic mass is 10.1. The molecule has 0 saturated heterocycles. The number of aliphatic hydroxyl groups is 1. The molecule has 0 bridgehead atoms. The van der Waals surface area contributed by atoms with E-state index in [0.717, 1.165) is 17.9 Å². The number of nitrogens with zero attached hydrogens (tertiary/aromatic N) is 1. The zero-order valence-corrected chi connectivity index (χ0v) is 10.2. The van der Waals surface area contributed by atoms with E-state index >= 15 is 0 Å². The lowest BCUT2D eigenvalue weighted by Gasteiger charge is -2.13. The summed E-state index contributed by atoms with van der Waals surface area (Å²) in [7, 11) is 0. The average Bonchev–Trinajstić information content (AvgIpc) is 2.44. The Morgan fingerprint density at radius 2 is 2.00 bits per heavy atom. The SMILES string of the molecule is Cc1cc(C(O)C(=O)O)c(C)n1CC(C)C. The van der Waals surface area contributed by atoms with E-state index in [1.54, 1.807) is 6.07 Å². The molecule has 0 amide bonds. The van der Waals surface area contributed by atoms with Gasteiger partial charge >= 0.3 is 5.97 Å². The van der Waals surface area contributed by atoms with Crippen LogP contribution in [0.25, 0.3) is 0 Å². The van der Waals surface area contributed by atoms with Crippen LogP contribution in [-0.4, -0.2) is 20.7 Å². The first-order valence-electron chi connectivity index (χ1n) is 5.42. The van der Waals surface area contributed by atoms with Gasteiger partial charge in [-0.2, -0.15) is 0 Å². The van der Waals surface area contributed by atoms with E-state index in [1.807, 2.05) is 18.4 Å². The van der Waals surface area contributed by atoms with E-state index in [9.17, 15) is 9.90 Å². The maximum Gasteiger partial charge on any atom is 0.337 e. The van der Waals surface area contributed by atoms with Crippen molar-refractivity contribution >= 4 is 5.97 Å². The van der Waals surface area contributed by atoms with Crippen LogP contribution in [0.4, 0.5) is 0 Å². The Hall–Kier alpha value is -1.29. The third kappa shape index (κ3) is 2.44. The second-order valence-corrected chi connectivity index (χ2v) is 4.57. The lowest BCUT2D eigenvalue weighted by Crippen LogP contribution is -2.13. The van der Waals surface area contributed by atoms with Crippen LogP contribution in [-0.2, 0) is 11.3 Å². The largest absolute Gasteiger partial charge is 0.479 e. The highest BCUT2D eigenvalue weighted by Gasteiger charge is 2.21. The second-order valence-electron chi connectivity index (χ2n) is 4.57. The molecule has 0 spiro atoms. The molecule has 0 radical (unpaired) electrons. The fraction of sp³-hybridized carbons (Fsp3) is 0.583. The van der Waals surface area contributed by atoms with Gasteiger partial charge in [-0.05, 0) is 25.8 Å². The third-order valence-electron chi connectivity index (χ3n) is 2.69. The zero-order chi connectivity index (χ0) is 12.5. The Morgan fingerprint density at radius 1 is 1.44 bits per heavy atom. The number of aliphatic carboxylic acids is 1. The summed E-state index contributed by atoms with van der Waals surface area (Å²) in [5.41, 5.74) is 2.31. The fourth-order valence-electron chi connectivity index (χ4n) is 1.88.